The van der Waals surface area contributed by atoms with Crippen molar-refractivity contribution in [3.05, 3.63) is 68.6 Å². The molecule has 8 nitrogen and oxygen atoms in total. The molecule has 0 saturated carbocycles. The molecule has 1 unspecified atom stereocenters. The number of hydrogen-bond donors (Lipinski definition) is 0. The molecular weight excluding hydrogens is 450 g/mol. The molecule has 1 aromatic carbocycles. The molecule has 0 radical (unpaired) electrons. The lowest BCUT2D eigenvalue weighted by Gasteiger charge is -2.34. The third kappa shape index (κ3) is 4.28. The molecule has 2 aliphatic rings. The Morgan fingerprint density at radius 2 is 1.84 bits per heavy atom. The van der Waals surface area contributed by atoms with E-state index in [2.05, 4.69) is 10.3 Å². The first-order valence-electron chi connectivity index (χ1n) is 10.5. The van der Waals surface area contributed by atoms with E-state index in [4.69, 9.17) is 16.3 Å². The molecule has 1 saturated heterocycles. The Balaban J connectivity index is 1.20. The molecule has 0 spiro atoms. The Kier molecular flexibility index (Phi) is 5.95. The van der Waals surface area contributed by atoms with Crippen LogP contribution in [0.4, 0.5) is 0 Å². The van der Waals surface area contributed by atoms with Crippen LogP contribution >= 0.6 is 22.9 Å². The van der Waals surface area contributed by atoms with Gasteiger partial charge >= 0.3 is 0 Å². The lowest BCUT2D eigenvalue weighted by Crippen LogP contribution is -2.51. The van der Waals surface area contributed by atoms with Gasteiger partial charge in [0.2, 0.25) is 5.91 Å². The van der Waals surface area contributed by atoms with E-state index in [1.807, 2.05) is 46.0 Å². The number of rotatable bonds is 4. The van der Waals surface area contributed by atoms with Crippen molar-refractivity contribution >= 4 is 34.8 Å². The van der Waals surface area contributed by atoms with Crippen LogP contribution in [-0.2, 0) is 29.1 Å². The van der Waals surface area contributed by atoms with E-state index in [1.165, 1.54) is 0 Å². The van der Waals surface area contributed by atoms with Gasteiger partial charge < -0.3 is 14.5 Å². The van der Waals surface area contributed by atoms with Gasteiger partial charge in [-0.25, -0.2) is 4.68 Å². The second-order valence-electron chi connectivity index (χ2n) is 7.90. The first-order valence-corrected chi connectivity index (χ1v) is 11.8. The number of piperazine rings is 1. The molecule has 2 aromatic heterocycles. The van der Waals surface area contributed by atoms with Crippen molar-refractivity contribution < 1.29 is 14.3 Å². The highest BCUT2D eigenvalue weighted by atomic mass is 35.5. The molecule has 2 aliphatic heterocycles. The monoisotopic (exact) mass is 471 g/mol. The van der Waals surface area contributed by atoms with Crippen LogP contribution in [-0.4, -0.2) is 62.8 Å². The summed E-state index contributed by atoms with van der Waals surface area (Å²) in [5, 5.41) is 13.0. The van der Waals surface area contributed by atoms with E-state index in [1.54, 1.807) is 20.9 Å². The van der Waals surface area contributed by atoms with Crippen molar-refractivity contribution in [2.75, 3.05) is 26.2 Å². The quantitative estimate of drug-likeness (QED) is 0.584. The van der Waals surface area contributed by atoms with Gasteiger partial charge in [-0.2, -0.15) is 11.3 Å². The Labute approximate surface area is 194 Å². The molecule has 32 heavy (non-hydrogen) atoms. The summed E-state index contributed by atoms with van der Waals surface area (Å²) in [6, 6.07) is 9.49. The Morgan fingerprint density at radius 3 is 2.56 bits per heavy atom. The van der Waals surface area contributed by atoms with Crippen LogP contribution in [0.15, 0.2) is 41.1 Å². The Bertz CT molecular complexity index is 1110. The molecule has 4 heterocycles. The maximum atomic E-state index is 13.1. The fourth-order valence-electron chi connectivity index (χ4n) is 4.05. The summed E-state index contributed by atoms with van der Waals surface area (Å²) < 4.78 is 7.75. The molecule has 0 bridgehead atoms. The lowest BCUT2D eigenvalue weighted by molar-refractivity contribution is -0.131. The van der Waals surface area contributed by atoms with E-state index in [-0.39, 0.29) is 24.5 Å². The first kappa shape index (κ1) is 21.1. The molecule has 0 N–H and O–H groups in total. The van der Waals surface area contributed by atoms with Gasteiger partial charge in [-0.15, -0.1) is 5.10 Å². The maximum absolute atomic E-state index is 13.1. The van der Waals surface area contributed by atoms with Crippen LogP contribution in [0.3, 0.4) is 0 Å². The largest absolute Gasteiger partial charge is 0.365 e. The summed E-state index contributed by atoms with van der Waals surface area (Å²) in [5.41, 5.74) is 3.06. The third-order valence-corrected chi connectivity index (χ3v) is 6.88. The number of amides is 2. The van der Waals surface area contributed by atoms with Crippen molar-refractivity contribution in [2.24, 2.45) is 0 Å². The van der Waals surface area contributed by atoms with Crippen molar-refractivity contribution in [2.45, 2.75) is 25.7 Å². The number of ether oxygens (including phenoxy) is 1. The van der Waals surface area contributed by atoms with Gasteiger partial charge in [-0.3, -0.25) is 9.59 Å². The topological polar surface area (TPSA) is 80.6 Å². The fraction of sp³-hybridized carbons (Fsp3) is 0.364. The van der Waals surface area contributed by atoms with Crippen LogP contribution in [0, 0.1) is 0 Å². The number of benzene rings is 1. The van der Waals surface area contributed by atoms with Crippen LogP contribution < -0.4 is 0 Å². The molecule has 1 atom stereocenters. The van der Waals surface area contributed by atoms with E-state index in [0.717, 1.165) is 11.1 Å². The molecule has 10 heteroatoms. The van der Waals surface area contributed by atoms with Crippen LogP contribution in [0.5, 0.6) is 0 Å². The highest BCUT2D eigenvalue weighted by molar-refractivity contribution is 7.08. The first-order chi connectivity index (χ1) is 15.6. The molecule has 3 aromatic rings. The molecule has 1 fully saturated rings. The maximum Gasteiger partial charge on any atom is 0.276 e. The van der Waals surface area contributed by atoms with Gasteiger partial charge in [0.25, 0.3) is 5.91 Å². The predicted molar refractivity (Wildman–Crippen MR) is 120 cm³/mol. The van der Waals surface area contributed by atoms with E-state index in [0.29, 0.717) is 55.6 Å². The molecule has 2 amide bonds. The van der Waals surface area contributed by atoms with Crippen LogP contribution in [0.25, 0.3) is 0 Å². The van der Waals surface area contributed by atoms with Gasteiger partial charge in [-0.05, 0) is 40.1 Å². The predicted octanol–water partition coefficient (Wildman–Crippen LogP) is 2.79. The number of aromatic nitrogens is 3. The second-order valence-corrected chi connectivity index (χ2v) is 9.12. The molecule has 0 aliphatic carbocycles. The van der Waals surface area contributed by atoms with Gasteiger partial charge in [-0.1, -0.05) is 28.9 Å². The van der Waals surface area contributed by atoms with Gasteiger partial charge in [0, 0.05) is 31.2 Å². The normalized spacial score (nSPS) is 18.5. The molecule has 166 valence electrons. The lowest BCUT2D eigenvalue weighted by atomic mass is 10.1. The van der Waals surface area contributed by atoms with Gasteiger partial charge in [0.05, 0.1) is 25.3 Å². The standard InChI is InChI=1S/C22H22ClN5O3S/c23-17-3-1-16(2-4-17)19-12-28-18(13-31-19)21(24-25-28)22(30)27-8-6-26(7-9-27)20(29)11-15-5-10-32-14-15/h1-5,10,14,19H,6-9,11-13H2. The zero-order chi connectivity index (χ0) is 22.1. The zero-order valence-electron chi connectivity index (χ0n) is 17.3. The fourth-order valence-corrected chi connectivity index (χ4v) is 4.84. The Morgan fingerprint density at radius 1 is 1.09 bits per heavy atom. The second kappa shape index (κ2) is 9.01. The van der Waals surface area contributed by atoms with E-state index < -0.39 is 0 Å². The van der Waals surface area contributed by atoms with Gasteiger partial charge in [0.15, 0.2) is 5.69 Å². The molecule has 5 rings (SSSR count). The van der Waals surface area contributed by atoms with Crippen molar-refractivity contribution in [3.63, 3.8) is 0 Å². The molecular formula is C22H22ClN5O3S. The average Bonchev–Trinajstić information content (AvgIpc) is 3.48. The van der Waals surface area contributed by atoms with Gasteiger partial charge in [0.1, 0.15) is 6.10 Å². The van der Waals surface area contributed by atoms with Crippen molar-refractivity contribution in [3.8, 4) is 0 Å². The van der Waals surface area contributed by atoms with Crippen molar-refractivity contribution in [1.82, 2.24) is 24.8 Å². The summed E-state index contributed by atoms with van der Waals surface area (Å²) >= 11 is 7.56. The SMILES string of the molecule is O=C(Cc1ccsc1)N1CCN(C(=O)c2nnn3c2COC(c2ccc(Cl)cc2)C3)CC1. The highest BCUT2D eigenvalue weighted by Gasteiger charge is 2.32. The smallest absolute Gasteiger partial charge is 0.276 e. The number of hydrogen-bond acceptors (Lipinski definition) is 6. The minimum absolute atomic E-state index is 0.0955. The van der Waals surface area contributed by atoms with Crippen molar-refractivity contribution in [1.29, 1.82) is 0 Å². The highest BCUT2D eigenvalue weighted by Crippen LogP contribution is 2.28. The summed E-state index contributed by atoms with van der Waals surface area (Å²) in [7, 11) is 0. The minimum Gasteiger partial charge on any atom is -0.365 e. The summed E-state index contributed by atoms with van der Waals surface area (Å²) in [4.78, 5) is 29.2. The number of thiophene rings is 1. The number of carbonyl (C=O) groups is 2. The third-order valence-electron chi connectivity index (χ3n) is 5.90. The minimum atomic E-state index is -0.165. The number of fused-ring (bicyclic) bond motifs is 1. The van der Waals surface area contributed by atoms with Crippen LogP contribution in [0.1, 0.15) is 33.4 Å². The average molecular weight is 472 g/mol. The Hall–Kier alpha value is -2.75. The van der Waals surface area contributed by atoms with E-state index in [9.17, 15) is 9.59 Å². The number of carbonyl (C=O) groups excluding carboxylic acids is 2. The zero-order valence-corrected chi connectivity index (χ0v) is 18.9. The number of halogens is 1. The van der Waals surface area contributed by atoms with E-state index >= 15 is 0 Å². The van der Waals surface area contributed by atoms with Crippen LogP contribution in [0.2, 0.25) is 5.02 Å². The summed E-state index contributed by atoms with van der Waals surface area (Å²) in [6.45, 7) is 2.76. The number of nitrogens with zero attached hydrogens (tertiary/aromatic N) is 5. The summed E-state index contributed by atoms with van der Waals surface area (Å²) in [6.07, 6.45) is 0.240. The summed E-state index contributed by atoms with van der Waals surface area (Å²) in [5.74, 6) is -0.0668.